The molecule has 1 saturated carbocycles. The zero-order valence-corrected chi connectivity index (χ0v) is 29.6. The number of aromatic nitrogens is 3. The Balaban J connectivity index is 1.12. The molecule has 0 spiro atoms. The Morgan fingerprint density at radius 1 is 0.900 bits per heavy atom. The van der Waals surface area contributed by atoms with Gasteiger partial charge < -0.3 is 20.9 Å². The van der Waals surface area contributed by atoms with Crippen LogP contribution in [0, 0.1) is 5.92 Å². The van der Waals surface area contributed by atoms with Crippen LogP contribution in [-0.2, 0) is 20.9 Å². The maximum atomic E-state index is 13.3. The second-order valence-electron chi connectivity index (χ2n) is 13.8. The maximum absolute atomic E-state index is 13.3. The van der Waals surface area contributed by atoms with Gasteiger partial charge in [0.25, 0.3) is 5.91 Å². The number of unbranched alkanes of at least 4 members (excludes halogenated alkanes) is 6. The molecule has 2 fully saturated rings. The van der Waals surface area contributed by atoms with E-state index in [0.29, 0.717) is 49.7 Å². The van der Waals surface area contributed by atoms with Crippen LogP contribution in [0.5, 0.6) is 0 Å². The Labute approximate surface area is 296 Å². The number of nitrogens with one attached hydrogen (secondary N) is 3. The second-order valence-corrected chi connectivity index (χ2v) is 13.8. The largest absolute Gasteiger partial charge is 0.354 e. The summed E-state index contributed by atoms with van der Waals surface area (Å²) in [6, 6.07) is 16.9. The zero-order valence-electron chi connectivity index (χ0n) is 29.6. The standard InChI is InChI=1S/C39H53N7O4/c1-3-5-7-12-16-36(47)41-35(38(49)40-22-13-8-6-4-2)27-46-26-34(43-44-46)29-17-19-30(20-18-29)39(50)45-23-21-31(25-45)37(48)42-33-24-32(33)28-14-10-9-11-15-28/h9-11,14-15,17-20,26,31-33,35H,3-8,12-13,16,21-25,27H2,1-2H3,(H,40,49)(H,41,47)(H,42,48)/t31-,32+,33-,35-/m0/s1. The van der Waals surface area contributed by atoms with E-state index in [9.17, 15) is 19.2 Å². The molecule has 2 aromatic carbocycles. The third kappa shape index (κ3) is 10.5. The van der Waals surface area contributed by atoms with E-state index >= 15 is 0 Å². The predicted molar refractivity (Wildman–Crippen MR) is 193 cm³/mol. The number of rotatable bonds is 19. The first kappa shape index (κ1) is 36.7. The molecule has 11 nitrogen and oxygen atoms in total. The number of amides is 4. The summed E-state index contributed by atoms with van der Waals surface area (Å²) in [6.45, 7) is 5.95. The lowest BCUT2D eigenvalue weighted by atomic mass is 10.1. The van der Waals surface area contributed by atoms with Gasteiger partial charge in [-0.15, -0.1) is 5.10 Å². The van der Waals surface area contributed by atoms with Gasteiger partial charge in [0.05, 0.1) is 18.7 Å². The molecular weight excluding hydrogens is 630 g/mol. The third-order valence-electron chi connectivity index (χ3n) is 9.77. The Hall–Kier alpha value is -4.54. The molecule has 3 N–H and O–H groups in total. The minimum absolute atomic E-state index is 0.0281. The van der Waals surface area contributed by atoms with E-state index < -0.39 is 6.04 Å². The van der Waals surface area contributed by atoms with Crippen molar-refractivity contribution in [1.82, 2.24) is 35.8 Å². The molecular formula is C39H53N7O4. The average Bonchev–Trinajstić information content (AvgIpc) is 3.48. The molecule has 50 heavy (non-hydrogen) atoms. The van der Waals surface area contributed by atoms with Crippen molar-refractivity contribution in [2.45, 2.75) is 109 Å². The third-order valence-corrected chi connectivity index (χ3v) is 9.77. The lowest BCUT2D eigenvalue weighted by Gasteiger charge is -2.18. The lowest BCUT2D eigenvalue weighted by molar-refractivity contribution is -0.129. The van der Waals surface area contributed by atoms with Crippen LogP contribution in [0.15, 0.2) is 60.8 Å². The Morgan fingerprint density at radius 2 is 1.64 bits per heavy atom. The fourth-order valence-electron chi connectivity index (χ4n) is 6.62. The van der Waals surface area contributed by atoms with Crippen molar-refractivity contribution in [3.05, 3.63) is 71.9 Å². The molecule has 4 amide bonds. The highest BCUT2D eigenvalue weighted by Crippen LogP contribution is 2.41. The molecule has 4 atom stereocenters. The van der Waals surface area contributed by atoms with Gasteiger partial charge in [-0.1, -0.05) is 100 Å². The number of benzene rings is 2. The lowest BCUT2D eigenvalue weighted by Crippen LogP contribution is -2.49. The molecule has 1 aromatic heterocycles. The van der Waals surface area contributed by atoms with Crippen molar-refractivity contribution in [2.24, 2.45) is 5.92 Å². The maximum Gasteiger partial charge on any atom is 0.253 e. The molecule has 5 rings (SSSR count). The van der Waals surface area contributed by atoms with Crippen molar-refractivity contribution >= 4 is 23.6 Å². The van der Waals surface area contributed by atoms with E-state index in [2.05, 4.69) is 52.2 Å². The smallest absolute Gasteiger partial charge is 0.253 e. The van der Waals surface area contributed by atoms with Gasteiger partial charge in [0.2, 0.25) is 17.7 Å². The summed E-state index contributed by atoms with van der Waals surface area (Å²) in [4.78, 5) is 53.9. The van der Waals surface area contributed by atoms with E-state index in [1.807, 2.05) is 30.3 Å². The molecule has 0 radical (unpaired) electrons. The van der Waals surface area contributed by atoms with Gasteiger partial charge in [0.1, 0.15) is 11.7 Å². The van der Waals surface area contributed by atoms with E-state index in [4.69, 9.17) is 0 Å². The normalized spacial score (nSPS) is 18.8. The van der Waals surface area contributed by atoms with Crippen molar-refractivity contribution in [3.63, 3.8) is 0 Å². The Kier molecular flexibility index (Phi) is 13.6. The highest BCUT2D eigenvalue weighted by atomic mass is 16.2. The number of hydrogen-bond donors (Lipinski definition) is 3. The zero-order chi connectivity index (χ0) is 35.3. The van der Waals surface area contributed by atoms with Gasteiger partial charge >= 0.3 is 0 Å². The van der Waals surface area contributed by atoms with Crippen molar-refractivity contribution in [2.75, 3.05) is 19.6 Å². The summed E-state index contributed by atoms with van der Waals surface area (Å²) in [5.74, 6) is -0.274. The fraction of sp³-hybridized carbons (Fsp3) is 0.538. The Morgan fingerprint density at radius 3 is 2.38 bits per heavy atom. The average molecular weight is 684 g/mol. The fourth-order valence-corrected chi connectivity index (χ4v) is 6.62. The molecule has 268 valence electrons. The number of carbonyl (C=O) groups excluding carboxylic acids is 4. The van der Waals surface area contributed by atoms with Crippen LogP contribution >= 0.6 is 0 Å². The number of hydrogen-bond acceptors (Lipinski definition) is 6. The topological polar surface area (TPSA) is 138 Å². The van der Waals surface area contributed by atoms with Gasteiger partial charge in [-0.25, -0.2) is 4.68 Å². The summed E-state index contributed by atoms with van der Waals surface area (Å²) in [6.07, 6.45) is 11.9. The van der Waals surface area contributed by atoms with Crippen LogP contribution in [0.3, 0.4) is 0 Å². The summed E-state index contributed by atoms with van der Waals surface area (Å²) in [5.41, 5.74) is 3.18. The van der Waals surface area contributed by atoms with Crippen LogP contribution in [-0.4, -0.2) is 75.2 Å². The summed E-state index contributed by atoms with van der Waals surface area (Å²) >= 11 is 0. The van der Waals surface area contributed by atoms with Crippen LogP contribution < -0.4 is 16.0 Å². The van der Waals surface area contributed by atoms with Crippen LogP contribution in [0.1, 0.15) is 106 Å². The predicted octanol–water partition coefficient (Wildman–Crippen LogP) is 5.23. The van der Waals surface area contributed by atoms with Crippen molar-refractivity contribution in [3.8, 4) is 11.3 Å². The minimum Gasteiger partial charge on any atom is -0.354 e. The summed E-state index contributed by atoms with van der Waals surface area (Å²) in [5, 5.41) is 17.6. The number of likely N-dealkylation sites (tertiary alicyclic amines) is 1. The summed E-state index contributed by atoms with van der Waals surface area (Å²) in [7, 11) is 0. The Bertz CT molecular complexity index is 1560. The molecule has 1 saturated heterocycles. The van der Waals surface area contributed by atoms with E-state index in [-0.39, 0.29) is 42.1 Å². The molecule has 1 aliphatic carbocycles. The second kappa shape index (κ2) is 18.5. The number of nitrogens with zero attached hydrogens (tertiary/aromatic N) is 4. The molecule has 0 bridgehead atoms. The molecule has 3 aromatic rings. The highest BCUT2D eigenvalue weighted by Gasteiger charge is 2.41. The van der Waals surface area contributed by atoms with E-state index in [0.717, 1.165) is 63.4 Å². The molecule has 11 heteroatoms. The van der Waals surface area contributed by atoms with Crippen molar-refractivity contribution < 1.29 is 19.2 Å². The minimum atomic E-state index is -0.768. The van der Waals surface area contributed by atoms with Crippen LogP contribution in [0.25, 0.3) is 11.3 Å². The van der Waals surface area contributed by atoms with Gasteiger partial charge in [-0.2, -0.15) is 0 Å². The van der Waals surface area contributed by atoms with E-state index in [1.54, 1.807) is 27.9 Å². The quantitative estimate of drug-likeness (QED) is 0.148. The SMILES string of the molecule is CCCCCCNC(=O)[C@H](Cn1cc(-c2ccc(C(=O)N3CC[C@H](C(=O)N[C@H]4C[C@@H]4c4ccccc4)C3)cc2)nn1)NC(=O)CCCCCC. The van der Waals surface area contributed by atoms with Crippen LogP contribution in [0.4, 0.5) is 0 Å². The molecule has 2 heterocycles. The van der Waals surface area contributed by atoms with E-state index in [1.165, 1.54) is 5.56 Å². The molecule has 0 unspecified atom stereocenters. The van der Waals surface area contributed by atoms with Gasteiger partial charge in [0, 0.05) is 49.1 Å². The molecule has 1 aliphatic heterocycles. The monoisotopic (exact) mass is 683 g/mol. The van der Waals surface area contributed by atoms with Crippen LogP contribution in [0.2, 0.25) is 0 Å². The highest BCUT2D eigenvalue weighted by molar-refractivity contribution is 5.95. The first-order valence-electron chi connectivity index (χ1n) is 18.6. The molecule has 2 aliphatic rings. The van der Waals surface area contributed by atoms with Gasteiger partial charge in [-0.3, -0.25) is 19.2 Å². The van der Waals surface area contributed by atoms with Gasteiger partial charge in [0.15, 0.2) is 0 Å². The summed E-state index contributed by atoms with van der Waals surface area (Å²) < 4.78 is 1.58. The van der Waals surface area contributed by atoms with Crippen molar-refractivity contribution in [1.29, 1.82) is 0 Å². The number of carbonyl (C=O) groups is 4. The first-order valence-corrected chi connectivity index (χ1v) is 18.6. The first-order chi connectivity index (χ1) is 24.4. The van der Waals surface area contributed by atoms with Gasteiger partial charge in [-0.05, 0) is 43.4 Å².